The normalized spacial score (nSPS) is 23.4. The number of ether oxygens (including phenoxy) is 2. The quantitative estimate of drug-likeness (QED) is 0.628. The highest BCUT2D eigenvalue weighted by Crippen LogP contribution is 2.34. The summed E-state index contributed by atoms with van der Waals surface area (Å²) in [5, 5.41) is 2.91. The van der Waals surface area contributed by atoms with Crippen LogP contribution in [0.5, 0.6) is 11.5 Å². The van der Waals surface area contributed by atoms with Crippen molar-refractivity contribution in [3.05, 3.63) is 48.3 Å². The number of carbonyl (C=O) groups excluding carboxylic acids is 2. The number of urea groups is 1. The molecule has 0 saturated carbocycles. The largest absolute Gasteiger partial charge is 0.454 e. The Bertz CT molecular complexity index is 993. The van der Waals surface area contributed by atoms with Gasteiger partial charge in [0, 0.05) is 24.2 Å². The van der Waals surface area contributed by atoms with Crippen molar-refractivity contribution in [2.45, 2.75) is 18.9 Å². The van der Waals surface area contributed by atoms with Crippen LogP contribution in [0.3, 0.4) is 0 Å². The van der Waals surface area contributed by atoms with E-state index in [1.165, 1.54) is 15.5 Å². The van der Waals surface area contributed by atoms with Gasteiger partial charge in [-0.25, -0.2) is 14.7 Å². The van der Waals surface area contributed by atoms with Crippen LogP contribution in [0, 0.1) is 0 Å². The van der Waals surface area contributed by atoms with Crippen LogP contribution >= 0.6 is 0 Å². The Labute approximate surface area is 180 Å². The lowest BCUT2D eigenvalue weighted by Crippen LogP contribution is -3.16. The van der Waals surface area contributed by atoms with Crippen LogP contribution in [-0.2, 0) is 11.2 Å². The summed E-state index contributed by atoms with van der Waals surface area (Å²) in [6.07, 6.45) is 4.24. The summed E-state index contributed by atoms with van der Waals surface area (Å²) in [5.41, 5.74) is 1.14. The average Bonchev–Trinajstić information content (AvgIpc) is 3.33. The predicted molar refractivity (Wildman–Crippen MR) is 111 cm³/mol. The molecule has 1 aromatic heterocycles. The van der Waals surface area contributed by atoms with Gasteiger partial charge in [0.25, 0.3) is 5.91 Å². The monoisotopic (exact) mass is 425 g/mol. The van der Waals surface area contributed by atoms with Gasteiger partial charge in [-0.15, -0.1) is 0 Å². The van der Waals surface area contributed by atoms with E-state index in [0.29, 0.717) is 24.6 Å². The molecule has 0 bridgehead atoms. The fourth-order valence-corrected chi connectivity index (χ4v) is 4.52. The summed E-state index contributed by atoms with van der Waals surface area (Å²) in [6, 6.07) is 9.43. The molecule has 0 spiro atoms. The van der Waals surface area contributed by atoms with E-state index in [0.717, 1.165) is 31.7 Å². The lowest BCUT2D eigenvalue weighted by molar-refractivity contribution is -0.907. The molecule has 5 rings (SSSR count). The number of pyridine rings is 1. The molecule has 9 heteroatoms. The van der Waals surface area contributed by atoms with Crippen LogP contribution in [0.1, 0.15) is 12.5 Å². The first kappa shape index (κ1) is 19.6. The number of H-pyrrole nitrogens is 1. The molecule has 3 aliphatic heterocycles. The number of hydrogen-bond acceptors (Lipinski definition) is 5. The van der Waals surface area contributed by atoms with E-state index in [1.807, 2.05) is 30.6 Å². The van der Waals surface area contributed by atoms with Crippen molar-refractivity contribution in [1.82, 2.24) is 10.2 Å². The minimum absolute atomic E-state index is 0.177. The van der Waals surface area contributed by atoms with Gasteiger partial charge in [-0.2, -0.15) is 0 Å². The number of nitrogens with zero attached hydrogens (tertiary/aromatic N) is 2. The summed E-state index contributed by atoms with van der Waals surface area (Å²) in [7, 11) is 0. The summed E-state index contributed by atoms with van der Waals surface area (Å²) in [6.45, 7) is 5.89. The third-order valence-corrected chi connectivity index (χ3v) is 6.26. The Balaban J connectivity index is 1.21. The molecule has 0 radical (unpaired) electrons. The van der Waals surface area contributed by atoms with Crippen molar-refractivity contribution >= 4 is 17.6 Å². The molecule has 0 aliphatic carbocycles. The second kappa shape index (κ2) is 7.73. The highest BCUT2D eigenvalue weighted by molar-refractivity contribution is 6.06. The number of fused-ring (bicyclic) bond motifs is 1. The molecule has 1 aromatic carbocycles. The number of quaternary nitrogens is 1. The standard InChI is InChI=1S/C22H25N5O4/c1-22(13-16-2-3-18-19(12-16)31-15-30-18)20(28)27(21(29)24-22)14-25-8-10-26(11-9-25)17-4-6-23-7-5-17/h2-7,12H,8-11,13-15H2,1H3,(H,24,29)/p+2/t22-/m1/s1. The summed E-state index contributed by atoms with van der Waals surface area (Å²) < 4.78 is 10.8. The van der Waals surface area contributed by atoms with Crippen LogP contribution in [0.2, 0.25) is 0 Å². The smallest absolute Gasteiger partial charge is 0.329 e. The van der Waals surface area contributed by atoms with E-state index >= 15 is 0 Å². The zero-order chi connectivity index (χ0) is 21.4. The van der Waals surface area contributed by atoms with E-state index in [4.69, 9.17) is 9.47 Å². The molecule has 3 N–H and O–H groups in total. The van der Waals surface area contributed by atoms with Gasteiger partial charge in [-0.1, -0.05) is 6.07 Å². The van der Waals surface area contributed by atoms with Crippen molar-refractivity contribution in [3.63, 3.8) is 0 Å². The maximum Gasteiger partial charge on any atom is 0.329 e. The lowest BCUT2D eigenvalue weighted by Gasteiger charge is -2.34. The van der Waals surface area contributed by atoms with Gasteiger partial charge in [0.15, 0.2) is 30.6 Å². The molecular formula is C22H27N5O4+2. The number of anilines is 1. The van der Waals surface area contributed by atoms with Gasteiger partial charge in [0.05, 0.1) is 26.2 Å². The molecule has 2 fully saturated rings. The molecule has 3 amide bonds. The predicted octanol–water partition coefficient (Wildman–Crippen LogP) is -0.555. The fourth-order valence-electron chi connectivity index (χ4n) is 4.52. The SMILES string of the molecule is C[C@]1(Cc2ccc3c(c2)OCO3)NC(=O)N(C[NH+]2CCN(c3cc[nH+]cc3)CC2)C1=O. The zero-order valence-corrected chi connectivity index (χ0v) is 17.5. The van der Waals surface area contributed by atoms with Crippen LogP contribution in [-0.4, -0.2) is 62.0 Å². The number of piperazine rings is 1. The Morgan fingerprint density at radius 3 is 2.61 bits per heavy atom. The first-order chi connectivity index (χ1) is 15.0. The van der Waals surface area contributed by atoms with Crippen molar-refractivity contribution in [3.8, 4) is 11.5 Å². The molecular weight excluding hydrogens is 398 g/mol. The van der Waals surface area contributed by atoms with E-state index in [9.17, 15) is 9.59 Å². The molecule has 162 valence electrons. The van der Waals surface area contributed by atoms with Crippen LogP contribution in [0.4, 0.5) is 10.5 Å². The molecule has 0 unspecified atom stereocenters. The number of rotatable bonds is 5. The van der Waals surface area contributed by atoms with Crippen molar-refractivity contribution in [1.29, 1.82) is 0 Å². The third-order valence-electron chi connectivity index (χ3n) is 6.26. The average molecular weight is 425 g/mol. The maximum absolute atomic E-state index is 13.2. The number of amides is 3. The molecule has 3 aliphatic rings. The number of imide groups is 1. The first-order valence-electron chi connectivity index (χ1n) is 10.6. The van der Waals surface area contributed by atoms with Gasteiger partial charge in [0.2, 0.25) is 6.79 Å². The van der Waals surface area contributed by atoms with E-state index in [2.05, 4.69) is 27.3 Å². The summed E-state index contributed by atoms with van der Waals surface area (Å²) in [5.74, 6) is 1.20. The molecule has 1 atom stereocenters. The molecule has 2 saturated heterocycles. The van der Waals surface area contributed by atoms with Gasteiger partial charge >= 0.3 is 6.03 Å². The third kappa shape index (κ3) is 3.76. The molecule has 9 nitrogen and oxygen atoms in total. The van der Waals surface area contributed by atoms with Gasteiger partial charge in [0.1, 0.15) is 5.54 Å². The Morgan fingerprint density at radius 2 is 1.84 bits per heavy atom. The first-order valence-corrected chi connectivity index (χ1v) is 10.6. The highest BCUT2D eigenvalue weighted by atomic mass is 16.7. The molecule has 31 heavy (non-hydrogen) atoms. The number of aromatic nitrogens is 1. The molecule has 4 heterocycles. The number of hydrogen-bond donors (Lipinski definition) is 2. The lowest BCUT2D eigenvalue weighted by atomic mass is 9.92. The fraction of sp³-hybridized carbons (Fsp3) is 0.409. The minimum atomic E-state index is -0.966. The summed E-state index contributed by atoms with van der Waals surface area (Å²) in [4.78, 5) is 33.8. The Kier molecular flexibility index (Phi) is 4.90. The van der Waals surface area contributed by atoms with E-state index < -0.39 is 5.54 Å². The highest BCUT2D eigenvalue weighted by Gasteiger charge is 2.49. The second-order valence-corrected chi connectivity index (χ2v) is 8.51. The van der Waals surface area contributed by atoms with Gasteiger partial charge in [-0.05, 0) is 24.6 Å². The van der Waals surface area contributed by atoms with Crippen LogP contribution in [0.25, 0.3) is 0 Å². The van der Waals surface area contributed by atoms with Gasteiger partial charge < -0.3 is 24.6 Å². The second-order valence-electron chi connectivity index (χ2n) is 8.51. The van der Waals surface area contributed by atoms with E-state index in [-0.39, 0.29) is 18.7 Å². The van der Waals surface area contributed by atoms with Crippen molar-refractivity contribution < 1.29 is 28.9 Å². The Morgan fingerprint density at radius 1 is 1.10 bits per heavy atom. The topological polar surface area (TPSA) is 89.7 Å². The molecule has 2 aromatic rings. The summed E-state index contributed by atoms with van der Waals surface area (Å²) >= 11 is 0. The zero-order valence-electron chi connectivity index (χ0n) is 17.5. The number of benzene rings is 1. The van der Waals surface area contributed by atoms with E-state index in [1.54, 1.807) is 6.92 Å². The number of aromatic amines is 1. The van der Waals surface area contributed by atoms with Crippen molar-refractivity contribution in [2.24, 2.45) is 0 Å². The van der Waals surface area contributed by atoms with Crippen LogP contribution in [0.15, 0.2) is 42.7 Å². The van der Waals surface area contributed by atoms with Crippen LogP contribution < -0.4 is 29.6 Å². The van der Waals surface area contributed by atoms with Gasteiger partial charge in [-0.3, -0.25) is 4.79 Å². The maximum atomic E-state index is 13.2. The Hall–Kier alpha value is -3.33. The number of nitrogens with one attached hydrogen (secondary N) is 3. The minimum Gasteiger partial charge on any atom is -0.454 e. The van der Waals surface area contributed by atoms with Crippen molar-refractivity contribution in [2.75, 3.05) is 44.5 Å². The number of carbonyl (C=O) groups is 2.